The number of allylic oxidation sites excluding steroid dienone is 2. The Hall–Kier alpha value is -1.68. The van der Waals surface area contributed by atoms with E-state index in [-0.39, 0.29) is 17.9 Å². The highest BCUT2D eigenvalue weighted by molar-refractivity contribution is 9.10. The molecule has 0 radical (unpaired) electrons. The average molecular weight is 331 g/mol. The van der Waals surface area contributed by atoms with Crippen molar-refractivity contribution in [2.75, 3.05) is 0 Å². The summed E-state index contributed by atoms with van der Waals surface area (Å²) in [5.41, 5.74) is 2.05. The zero-order valence-electron chi connectivity index (χ0n) is 11.2. The summed E-state index contributed by atoms with van der Waals surface area (Å²) in [5.74, 6) is 0.256. The molecule has 2 aliphatic rings. The number of benzene rings is 1. The van der Waals surface area contributed by atoms with Gasteiger partial charge >= 0.3 is 0 Å². The molecule has 1 unspecified atom stereocenters. The maximum atomic E-state index is 11.8. The van der Waals surface area contributed by atoms with Crippen LogP contribution in [0.15, 0.2) is 58.1 Å². The molecule has 1 aromatic carbocycles. The molecule has 0 N–H and O–H groups in total. The van der Waals surface area contributed by atoms with Gasteiger partial charge in [-0.05, 0) is 17.7 Å². The summed E-state index contributed by atoms with van der Waals surface area (Å²) < 4.78 is 1.04. The number of amides is 1. The third kappa shape index (κ3) is 2.48. The van der Waals surface area contributed by atoms with Crippen molar-refractivity contribution in [3.63, 3.8) is 0 Å². The number of carbonyl (C=O) groups excluding carboxylic acids is 1. The van der Waals surface area contributed by atoms with Crippen molar-refractivity contribution in [3.05, 3.63) is 58.6 Å². The standard InChI is InChI=1S/C16H15BrN2O/c1-11(20)19-16(13-4-2-3-5-13)10-15(18-19)12-6-8-14(17)9-7-12/h2-9,13,16H,10H2,1H3. The minimum Gasteiger partial charge on any atom is -0.273 e. The average Bonchev–Trinajstić information content (AvgIpc) is 3.08. The third-order valence-corrected chi connectivity index (χ3v) is 4.20. The van der Waals surface area contributed by atoms with Gasteiger partial charge in [-0.15, -0.1) is 0 Å². The van der Waals surface area contributed by atoms with E-state index in [4.69, 9.17) is 0 Å². The Bertz CT molecular complexity index is 604. The third-order valence-electron chi connectivity index (χ3n) is 3.67. The van der Waals surface area contributed by atoms with Crippen molar-refractivity contribution in [2.45, 2.75) is 19.4 Å². The van der Waals surface area contributed by atoms with Gasteiger partial charge in [0.1, 0.15) is 0 Å². The fourth-order valence-corrected chi connectivity index (χ4v) is 2.92. The molecule has 0 saturated heterocycles. The van der Waals surface area contributed by atoms with Crippen LogP contribution in [-0.2, 0) is 4.79 Å². The van der Waals surface area contributed by atoms with Crippen molar-refractivity contribution >= 4 is 27.5 Å². The first kappa shape index (κ1) is 13.3. The molecule has 0 bridgehead atoms. The van der Waals surface area contributed by atoms with Gasteiger partial charge in [0.25, 0.3) is 0 Å². The number of carbonyl (C=O) groups is 1. The zero-order chi connectivity index (χ0) is 14.1. The predicted molar refractivity (Wildman–Crippen MR) is 83.4 cm³/mol. The number of nitrogens with zero attached hydrogens (tertiary/aromatic N) is 2. The van der Waals surface area contributed by atoms with Crippen LogP contribution in [0.5, 0.6) is 0 Å². The molecule has 102 valence electrons. The molecule has 20 heavy (non-hydrogen) atoms. The largest absolute Gasteiger partial charge is 0.273 e. The molecule has 0 aromatic heterocycles. The molecule has 4 heteroatoms. The van der Waals surface area contributed by atoms with E-state index in [1.54, 1.807) is 11.9 Å². The summed E-state index contributed by atoms with van der Waals surface area (Å²) in [6.45, 7) is 1.57. The number of hydrazone groups is 1. The zero-order valence-corrected chi connectivity index (χ0v) is 12.7. The lowest BCUT2D eigenvalue weighted by Gasteiger charge is -2.23. The van der Waals surface area contributed by atoms with Gasteiger partial charge in [-0.3, -0.25) is 4.79 Å². The molecule has 1 amide bonds. The summed E-state index contributed by atoms with van der Waals surface area (Å²) in [6.07, 6.45) is 9.10. The van der Waals surface area contributed by atoms with Crippen molar-refractivity contribution in [1.82, 2.24) is 5.01 Å². The Morgan fingerprint density at radius 1 is 1.25 bits per heavy atom. The van der Waals surface area contributed by atoms with Crippen molar-refractivity contribution in [1.29, 1.82) is 0 Å². The van der Waals surface area contributed by atoms with Crippen LogP contribution < -0.4 is 0 Å². The monoisotopic (exact) mass is 330 g/mol. The first-order chi connectivity index (χ1) is 9.65. The highest BCUT2D eigenvalue weighted by atomic mass is 79.9. The van der Waals surface area contributed by atoms with Gasteiger partial charge in [0.05, 0.1) is 11.8 Å². The molecule has 1 aliphatic heterocycles. The maximum Gasteiger partial charge on any atom is 0.239 e. The van der Waals surface area contributed by atoms with Crippen LogP contribution in [0.3, 0.4) is 0 Å². The van der Waals surface area contributed by atoms with E-state index >= 15 is 0 Å². The van der Waals surface area contributed by atoms with E-state index in [1.807, 2.05) is 36.4 Å². The van der Waals surface area contributed by atoms with Crippen LogP contribution in [-0.4, -0.2) is 22.7 Å². The topological polar surface area (TPSA) is 32.7 Å². The van der Waals surface area contributed by atoms with Crippen LogP contribution in [0.1, 0.15) is 18.9 Å². The van der Waals surface area contributed by atoms with E-state index in [2.05, 4.69) is 33.2 Å². The van der Waals surface area contributed by atoms with Gasteiger partial charge in [-0.25, -0.2) is 5.01 Å². The highest BCUT2D eigenvalue weighted by Crippen LogP contribution is 2.29. The van der Waals surface area contributed by atoms with Crippen molar-refractivity contribution in [3.8, 4) is 0 Å². The van der Waals surface area contributed by atoms with Crippen LogP contribution >= 0.6 is 15.9 Å². The number of rotatable bonds is 2. The van der Waals surface area contributed by atoms with E-state index in [0.717, 1.165) is 22.2 Å². The molecule has 3 rings (SSSR count). The Kier molecular flexibility index (Phi) is 3.57. The molecular weight excluding hydrogens is 316 g/mol. The van der Waals surface area contributed by atoms with Gasteiger partial charge in [0.15, 0.2) is 0 Å². The van der Waals surface area contributed by atoms with Crippen LogP contribution in [0, 0.1) is 5.92 Å². The Balaban J connectivity index is 1.88. The fraction of sp³-hybridized carbons (Fsp3) is 0.250. The molecule has 3 nitrogen and oxygen atoms in total. The second-order valence-electron chi connectivity index (χ2n) is 5.04. The number of hydrogen-bond donors (Lipinski definition) is 0. The predicted octanol–water partition coefficient (Wildman–Crippen LogP) is 3.52. The van der Waals surface area contributed by atoms with Crippen molar-refractivity contribution < 1.29 is 4.79 Å². The smallest absolute Gasteiger partial charge is 0.239 e. The van der Waals surface area contributed by atoms with Gasteiger partial charge in [-0.2, -0.15) is 5.10 Å². The normalized spacial score (nSPS) is 21.6. The molecular formula is C16H15BrN2O. The lowest BCUT2D eigenvalue weighted by molar-refractivity contribution is -0.130. The van der Waals surface area contributed by atoms with Crippen LogP contribution in [0.25, 0.3) is 0 Å². The fourth-order valence-electron chi connectivity index (χ4n) is 2.66. The Labute approximate surface area is 126 Å². The summed E-state index contributed by atoms with van der Waals surface area (Å²) in [7, 11) is 0. The van der Waals surface area contributed by atoms with E-state index in [1.165, 1.54) is 0 Å². The second-order valence-corrected chi connectivity index (χ2v) is 5.95. The van der Waals surface area contributed by atoms with Gasteiger partial charge in [0.2, 0.25) is 5.91 Å². The molecule has 1 aliphatic carbocycles. The van der Waals surface area contributed by atoms with E-state index in [0.29, 0.717) is 0 Å². The molecule has 1 atom stereocenters. The van der Waals surface area contributed by atoms with E-state index < -0.39 is 0 Å². The number of hydrogen-bond acceptors (Lipinski definition) is 2. The molecule has 1 heterocycles. The lowest BCUT2D eigenvalue weighted by Crippen LogP contribution is -2.35. The second kappa shape index (κ2) is 5.37. The van der Waals surface area contributed by atoms with E-state index in [9.17, 15) is 4.79 Å². The SMILES string of the molecule is CC(=O)N1N=C(c2ccc(Br)cc2)CC1C1C=CC=C1. The minimum atomic E-state index is -0.00388. The lowest BCUT2D eigenvalue weighted by atomic mass is 9.94. The maximum absolute atomic E-state index is 11.8. The summed E-state index contributed by atoms with van der Waals surface area (Å²) in [5, 5.41) is 6.16. The minimum absolute atomic E-state index is 0.00388. The highest BCUT2D eigenvalue weighted by Gasteiger charge is 2.34. The quantitative estimate of drug-likeness (QED) is 0.816. The van der Waals surface area contributed by atoms with Crippen LogP contribution in [0.4, 0.5) is 0 Å². The first-order valence-corrected chi connectivity index (χ1v) is 7.42. The molecule has 0 fully saturated rings. The Morgan fingerprint density at radius 3 is 2.50 bits per heavy atom. The van der Waals surface area contributed by atoms with Gasteiger partial charge < -0.3 is 0 Å². The summed E-state index contributed by atoms with van der Waals surface area (Å²) in [4.78, 5) is 11.8. The molecule has 0 spiro atoms. The first-order valence-electron chi connectivity index (χ1n) is 6.63. The summed E-state index contributed by atoms with van der Waals surface area (Å²) in [6, 6.07) is 8.16. The Morgan fingerprint density at radius 2 is 1.90 bits per heavy atom. The van der Waals surface area contributed by atoms with Crippen LogP contribution in [0.2, 0.25) is 0 Å². The molecule has 1 aromatic rings. The van der Waals surface area contributed by atoms with Gasteiger partial charge in [-0.1, -0.05) is 52.4 Å². The number of halogens is 1. The molecule has 0 saturated carbocycles. The van der Waals surface area contributed by atoms with Crippen molar-refractivity contribution in [2.24, 2.45) is 11.0 Å². The summed E-state index contributed by atoms with van der Waals surface area (Å²) >= 11 is 3.43. The van der Waals surface area contributed by atoms with Gasteiger partial charge in [0, 0.05) is 23.7 Å².